The third-order valence-corrected chi connectivity index (χ3v) is 5.25. The standard InChI is InChI=1S/C21H21N5O2/c1-27-16-6-4-15(5-7-16)26-11-9-22-19(26)13-25-10-8-17-20(24-14-23-17)21(25)18-3-2-12-28-18/h2-7,9,11-12,14,21H,8,10,13H2,1H3,(H,23,24). The quantitative estimate of drug-likeness (QED) is 0.579. The first-order chi connectivity index (χ1) is 13.8. The number of aromatic amines is 1. The van der Waals surface area contributed by atoms with Gasteiger partial charge >= 0.3 is 0 Å². The first kappa shape index (κ1) is 16.8. The number of aromatic nitrogens is 4. The van der Waals surface area contributed by atoms with Crippen molar-refractivity contribution >= 4 is 0 Å². The van der Waals surface area contributed by atoms with Crippen LogP contribution < -0.4 is 4.74 Å². The van der Waals surface area contributed by atoms with Crippen molar-refractivity contribution in [2.75, 3.05) is 13.7 Å². The lowest BCUT2D eigenvalue weighted by atomic mass is 10.0. The highest BCUT2D eigenvalue weighted by atomic mass is 16.5. The van der Waals surface area contributed by atoms with Crippen LogP contribution in [0.25, 0.3) is 5.69 Å². The number of methoxy groups -OCH3 is 1. The number of benzene rings is 1. The van der Waals surface area contributed by atoms with Crippen molar-refractivity contribution in [3.8, 4) is 11.4 Å². The van der Waals surface area contributed by atoms with E-state index in [1.807, 2.05) is 48.8 Å². The van der Waals surface area contributed by atoms with Crippen molar-refractivity contribution in [1.82, 2.24) is 24.4 Å². The van der Waals surface area contributed by atoms with Crippen molar-refractivity contribution in [3.63, 3.8) is 0 Å². The van der Waals surface area contributed by atoms with E-state index in [9.17, 15) is 0 Å². The van der Waals surface area contributed by atoms with Crippen molar-refractivity contribution in [2.45, 2.75) is 19.0 Å². The fourth-order valence-electron chi connectivity index (χ4n) is 3.87. The summed E-state index contributed by atoms with van der Waals surface area (Å²) in [6.07, 6.45) is 8.24. The SMILES string of the molecule is COc1ccc(-n2ccnc2CN2CCc3[nH]cnc3C2c2ccco2)cc1. The second-order valence-electron chi connectivity index (χ2n) is 6.82. The molecule has 1 aromatic carbocycles. The Bertz CT molecular complexity index is 1050. The highest BCUT2D eigenvalue weighted by Gasteiger charge is 2.33. The minimum Gasteiger partial charge on any atom is -0.497 e. The van der Waals surface area contributed by atoms with Crippen LogP contribution in [0.4, 0.5) is 0 Å². The summed E-state index contributed by atoms with van der Waals surface area (Å²) in [5.41, 5.74) is 3.26. The van der Waals surface area contributed by atoms with Crippen molar-refractivity contribution < 1.29 is 9.15 Å². The number of H-pyrrole nitrogens is 1. The zero-order valence-electron chi connectivity index (χ0n) is 15.6. The van der Waals surface area contributed by atoms with E-state index in [-0.39, 0.29) is 6.04 Å². The monoisotopic (exact) mass is 375 g/mol. The van der Waals surface area contributed by atoms with E-state index in [1.165, 1.54) is 5.69 Å². The maximum Gasteiger partial charge on any atom is 0.127 e. The number of fused-ring (bicyclic) bond motifs is 1. The molecule has 0 bridgehead atoms. The average Bonchev–Trinajstić information content (AvgIpc) is 3.49. The minimum absolute atomic E-state index is 0.0222. The van der Waals surface area contributed by atoms with Gasteiger partial charge in [0.25, 0.3) is 0 Å². The van der Waals surface area contributed by atoms with Gasteiger partial charge in [-0.2, -0.15) is 0 Å². The summed E-state index contributed by atoms with van der Waals surface area (Å²) in [4.78, 5) is 14.8. The Morgan fingerprint density at radius 1 is 1.21 bits per heavy atom. The van der Waals surface area contributed by atoms with Crippen LogP contribution >= 0.6 is 0 Å². The van der Waals surface area contributed by atoms with Gasteiger partial charge < -0.3 is 18.7 Å². The molecule has 0 saturated carbocycles. The maximum atomic E-state index is 5.75. The van der Waals surface area contributed by atoms with Gasteiger partial charge in [-0.05, 0) is 36.4 Å². The highest BCUT2D eigenvalue weighted by molar-refractivity contribution is 5.38. The summed E-state index contributed by atoms with van der Waals surface area (Å²) in [6.45, 7) is 1.59. The Labute approximate surface area is 162 Å². The lowest BCUT2D eigenvalue weighted by Gasteiger charge is -2.33. The molecule has 4 heterocycles. The molecule has 0 saturated heterocycles. The molecule has 3 aromatic heterocycles. The first-order valence-corrected chi connectivity index (χ1v) is 9.30. The number of imidazole rings is 2. The lowest BCUT2D eigenvalue weighted by Crippen LogP contribution is -2.36. The van der Waals surface area contributed by atoms with Crippen LogP contribution in [0.3, 0.4) is 0 Å². The fourth-order valence-corrected chi connectivity index (χ4v) is 3.87. The predicted molar refractivity (Wildman–Crippen MR) is 103 cm³/mol. The van der Waals surface area contributed by atoms with E-state index in [4.69, 9.17) is 9.15 Å². The summed E-state index contributed by atoms with van der Waals surface area (Å²) in [5.74, 6) is 2.71. The van der Waals surface area contributed by atoms with Crippen LogP contribution in [0, 0.1) is 0 Å². The molecule has 0 aliphatic carbocycles. The smallest absolute Gasteiger partial charge is 0.127 e. The maximum absolute atomic E-state index is 5.75. The molecule has 4 aromatic rings. The fraction of sp³-hybridized carbons (Fsp3) is 0.238. The normalized spacial score (nSPS) is 16.8. The summed E-state index contributed by atoms with van der Waals surface area (Å²) >= 11 is 0. The molecule has 0 radical (unpaired) electrons. The first-order valence-electron chi connectivity index (χ1n) is 9.30. The summed E-state index contributed by atoms with van der Waals surface area (Å²) in [5, 5.41) is 0. The van der Waals surface area contributed by atoms with Crippen LogP contribution in [0.2, 0.25) is 0 Å². The number of rotatable bonds is 5. The van der Waals surface area contributed by atoms with E-state index in [1.54, 1.807) is 19.7 Å². The molecule has 1 aliphatic rings. The summed E-state index contributed by atoms with van der Waals surface area (Å²) in [7, 11) is 1.67. The molecule has 0 amide bonds. The zero-order chi connectivity index (χ0) is 18.9. The summed E-state index contributed by atoms with van der Waals surface area (Å²) in [6, 6.07) is 11.9. The van der Waals surface area contributed by atoms with Gasteiger partial charge in [-0.1, -0.05) is 0 Å². The van der Waals surface area contributed by atoms with Gasteiger partial charge in [-0.3, -0.25) is 4.90 Å². The molecular formula is C21H21N5O2. The molecular weight excluding hydrogens is 354 g/mol. The molecule has 1 N–H and O–H groups in total. The number of furan rings is 1. The third-order valence-electron chi connectivity index (χ3n) is 5.25. The van der Waals surface area contributed by atoms with Gasteiger partial charge in [0.2, 0.25) is 0 Å². The number of ether oxygens (including phenoxy) is 1. The van der Waals surface area contributed by atoms with E-state index in [2.05, 4.69) is 24.4 Å². The second-order valence-corrected chi connectivity index (χ2v) is 6.82. The van der Waals surface area contributed by atoms with E-state index >= 15 is 0 Å². The van der Waals surface area contributed by atoms with Crippen molar-refractivity contribution in [3.05, 3.63) is 84.4 Å². The molecule has 1 unspecified atom stereocenters. The number of hydrogen-bond acceptors (Lipinski definition) is 5. The zero-order valence-corrected chi connectivity index (χ0v) is 15.6. The Morgan fingerprint density at radius 2 is 2.11 bits per heavy atom. The van der Waals surface area contributed by atoms with Gasteiger partial charge in [0, 0.05) is 36.7 Å². The molecule has 1 aliphatic heterocycles. The summed E-state index contributed by atoms with van der Waals surface area (Å²) < 4.78 is 13.1. The molecule has 7 nitrogen and oxygen atoms in total. The Balaban J connectivity index is 1.47. The van der Waals surface area contributed by atoms with Gasteiger partial charge in [0.15, 0.2) is 0 Å². The van der Waals surface area contributed by atoms with E-state index < -0.39 is 0 Å². The van der Waals surface area contributed by atoms with Crippen molar-refractivity contribution in [1.29, 1.82) is 0 Å². The van der Waals surface area contributed by atoms with Gasteiger partial charge in [0.1, 0.15) is 23.4 Å². The number of nitrogens with one attached hydrogen (secondary N) is 1. The molecule has 142 valence electrons. The molecule has 0 fully saturated rings. The molecule has 5 rings (SSSR count). The van der Waals surface area contributed by atoms with Crippen LogP contribution in [0.5, 0.6) is 5.75 Å². The van der Waals surface area contributed by atoms with Gasteiger partial charge in [0.05, 0.1) is 31.9 Å². The van der Waals surface area contributed by atoms with Gasteiger partial charge in [-0.15, -0.1) is 0 Å². The van der Waals surface area contributed by atoms with Crippen LogP contribution in [-0.2, 0) is 13.0 Å². The highest BCUT2D eigenvalue weighted by Crippen LogP contribution is 2.34. The average molecular weight is 375 g/mol. The molecule has 7 heteroatoms. The number of hydrogen-bond donors (Lipinski definition) is 1. The van der Waals surface area contributed by atoms with Crippen LogP contribution in [0.15, 0.2) is 65.8 Å². The number of nitrogens with zero attached hydrogens (tertiary/aromatic N) is 4. The topological polar surface area (TPSA) is 72.1 Å². The van der Waals surface area contributed by atoms with E-state index in [0.717, 1.165) is 41.7 Å². The lowest BCUT2D eigenvalue weighted by molar-refractivity contribution is 0.174. The second kappa shape index (κ2) is 7.01. The van der Waals surface area contributed by atoms with Crippen LogP contribution in [0.1, 0.15) is 29.0 Å². The van der Waals surface area contributed by atoms with Crippen molar-refractivity contribution in [2.24, 2.45) is 0 Å². The van der Waals surface area contributed by atoms with E-state index in [0.29, 0.717) is 6.54 Å². The third kappa shape index (κ3) is 2.90. The Kier molecular flexibility index (Phi) is 4.21. The van der Waals surface area contributed by atoms with Crippen LogP contribution in [-0.4, -0.2) is 38.1 Å². The Hall–Kier alpha value is -3.32. The predicted octanol–water partition coefficient (Wildman–Crippen LogP) is 3.34. The molecule has 0 spiro atoms. The molecule has 28 heavy (non-hydrogen) atoms. The van der Waals surface area contributed by atoms with Gasteiger partial charge in [-0.25, -0.2) is 9.97 Å². The Morgan fingerprint density at radius 3 is 2.89 bits per heavy atom. The largest absolute Gasteiger partial charge is 0.497 e. The minimum atomic E-state index is -0.0222. The molecule has 1 atom stereocenters.